The SMILES string of the molecule is CCN(C(=O)COC(=O)c1ccc2c(c1)CCC2)[C@H]1CCS(=O)(=O)C1. The molecule has 2 aliphatic rings. The van der Waals surface area contributed by atoms with Gasteiger partial charge in [-0.25, -0.2) is 13.2 Å². The van der Waals surface area contributed by atoms with Crippen LogP contribution in [0.1, 0.15) is 41.3 Å². The van der Waals surface area contributed by atoms with Crippen molar-refractivity contribution < 1.29 is 22.7 Å². The lowest BCUT2D eigenvalue weighted by atomic mass is 10.1. The van der Waals surface area contributed by atoms with Crippen molar-refractivity contribution in [3.8, 4) is 0 Å². The van der Waals surface area contributed by atoms with E-state index in [1.165, 1.54) is 16.0 Å². The lowest BCUT2D eigenvalue weighted by Gasteiger charge is -2.26. The Hall–Kier alpha value is -1.89. The van der Waals surface area contributed by atoms with E-state index >= 15 is 0 Å². The maximum absolute atomic E-state index is 12.3. The Morgan fingerprint density at radius 1 is 1.24 bits per heavy atom. The summed E-state index contributed by atoms with van der Waals surface area (Å²) in [6, 6.07) is 5.21. The molecular formula is C18H23NO5S. The van der Waals surface area contributed by atoms with Crippen LogP contribution < -0.4 is 0 Å². The Balaban J connectivity index is 1.58. The molecule has 3 rings (SSSR count). The van der Waals surface area contributed by atoms with Gasteiger partial charge in [0.25, 0.3) is 5.91 Å². The predicted molar refractivity (Wildman–Crippen MR) is 93.2 cm³/mol. The molecule has 0 unspecified atom stereocenters. The van der Waals surface area contributed by atoms with Crippen LogP contribution in [0, 0.1) is 0 Å². The summed E-state index contributed by atoms with van der Waals surface area (Å²) in [4.78, 5) is 26.0. The fraction of sp³-hybridized carbons (Fsp3) is 0.556. The van der Waals surface area contributed by atoms with Gasteiger partial charge in [0.05, 0.1) is 17.1 Å². The molecule has 1 amide bonds. The molecule has 1 saturated heterocycles. The number of aryl methyl sites for hydroxylation is 2. The van der Waals surface area contributed by atoms with Gasteiger partial charge in [-0.15, -0.1) is 0 Å². The van der Waals surface area contributed by atoms with E-state index in [4.69, 9.17) is 4.74 Å². The van der Waals surface area contributed by atoms with Gasteiger partial charge in [-0.05, 0) is 55.9 Å². The number of esters is 1. The average Bonchev–Trinajstić information content (AvgIpc) is 3.18. The van der Waals surface area contributed by atoms with E-state index in [0.717, 1.165) is 19.3 Å². The zero-order valence-electron chi connectivity index (χ0n) is 14.4. The van der Waals surface area contributed by atoms with E-state index in [1.54, 1.807) is 13.0 Å². The van der Waals surface area contributed by atoms with Gasteiger partial charge in [0, 0.05) is 12.6 Å². The quantitative estimate of drug-likeness (QED) is 0.736. The molecule has 0 saturated carbocycles. The molecule has 1 heterocycles. The molecule has 1 atom stereocenters. The zero-order chi connectivity index (χ0) is 18.0. The van der Waals surface area contributed by atoms with Crippen LogP contribution in [0.4, 0.5) is 0 Å². The number of hydrogen-bond acceptors (Lipinski definition) is 5. The molecule has 1 aromatic rings. The second-order valence-corrected chi connectivity index (χ2v) is 8.88. The van der Waals surface area contributed by atoms with Crippen molar-refractivity contribution in [1.29, 1.82) is 0 Å². The van der Waals surface area contributed by atoms with E-state index < -0.39 is 15.8 Å². The monoisotopic (exact) mass is 365 g/mol. The summed E-state index contributed by atoms with van der Waals surface area (Å²) in [7, 11) is -3.07. The second-order valence-electron chi connectivity index (χ2n) is 6.65. The first-order valence-corrected chi connectivity index (χ1v) is 10.5. The highest BCUT2D eigenvalue weighted by molar-refractivity contribution is 7.91. The topological polar surface area (TPSA) is 80.8 Å². The number of likely N-dealkylation sites (N-methyl/N-ethyl adjacent to an activating group) is 1. The summed E-state index contributed by atoms with van der Waals surface area (Å²) in [5.41, 5.74) is 2.90. The minimum absolute atomic E-state index is 0.00858. The largest absolute Gasteiger partial charge is 0.452 e. The number of amides is 1. The van der Waals surface area contributed by atoms with Crippen LogP contribution in [-0.4, -0.2) is 55.9 Å². The molecule has 1 aromatic carbocycles. The van der Waals surface area contributed by atoms with Crippen molar-refractivity contribution in [2.75, 3.05) is 24.7 Å². The molecule has 6 nitrogen and oxygen atoms in total. The minimum Gasteiger partial charge on any atom is -0.452 e. The Bertz CT molecular complexity index is 787. The van der Waals surface area contributed by atoms with Gasteiger partial charge in [0.1, 0.15) is 0 Å². The minimum atomic E-state index is -3.07. The lowest BCUT2D eigenvalue weighted by Crippen LogP contribution is -2.43. The number of benzene rings is 1. The van der Waals surface area contributed by atoms with Crippen molar-refractivity contribution in [3.05, 3.63) is 34.9 Å². The Morgan fingerprint density at radius 2 is 2.00 bits per heavy atom. The van der Waals surface area contributed by atoms with Gasteiger partial charge < -0.3 is 9.64 Å². The Labute approximate surface area is 148 Å². The second kappa shape index (κ2) is 7.15. The van der Waals surface area contributed by atoms with Crippen LogP contribution in [0.25, 0.3) is 0 Å². The molecule has 136 valence electrons. The molecular weight excluding hydrogens is 342 g/mol. The van der Waals surface area contributed by atoms with Gasteiger partial charge in [0.15, 0.2) is 16.4 Å². The van der Waals surface area contributed by atoms with E-state index in [2.05, 4.69) is 0 Å². The number of fused-ring (bicyclic) bond motifs is 1. The number of hydrogen-bond donors (Lipinski definition) is 0. The van der Waals surface area contributed by atoms with Crippen molar-refractivity contribution in [2.24, 2.45) is 0 Å². The zero-order valence-corrected chi connectivity index (χ0v) is 15.2. The molecule has 0 bridgehead atoms. The van der Waals surface area contributed by atoms with Gasteiger partial charge in [0.2, 0.25) is 0 Å². The molecule has 0 N–H and O–H groups in total. The first kappa shape index (κ1) is 17.9. The molecule has 25 heavy (non-hydrogen) atoms. The van der Waals surface area contributed by atoms with Gasteiger partial charge in [-0.1, -0.05) is 6.07 Å². The summed E-state index contributed by atoms with van der Waals surface area (Å²) in [5.74, 6) is -0.765. The van der Waals surface area contributed by atoms with Crippen molar-refractivity contribution >= 4 is 21.7 Å². The number of rotatable bonds is 5. The fourth-order valence-corrected chi connectivity index (χ4v) is 5.38. The third kappa shape index (κ3) is 4.03. The van der Waals surface area contributed by atoms with E-state index in [0.29, 0.717) is 18.5 Å². The Morgan fingerprint density at radius 3 is 2.68 bits per heavy atom. The number of carbonyl (C=O) groups is 2. The molecule has 1 aliphatic carbocycles. The summed E-state index contributed by atoms with van der Waals surface area (Å²) in [6.07, 6.45) is 3.55. The van der Waals surface area contributed by atoms with Crippen LogP contribution in [0.2, 0.25) is 0 Å². The summed E-state index contributed by atoms with van der Waals surface area (Å²) >= 11 is 0. The molecule has 0 radical (unpaired) electrons. The number of nitrogens with zero attached hydrogens (tertiary/aromatic N) is 1. The highest BCUT2D eigenvalue weighted by atomic mass is 32.2. The van der Waals surface area contributed by atoms with Crippen molar-refractivity contribution in [1.82, 2.24) is 4.90 Å². The fourth-order valence-electron chi connectivity index (χ4n) is 3.65. The number of sulfone groups is 1. The summed E-state index contributed by atoms with van der Waals surface area (Å²) in [5, 5.41) is 0. The first-order chi connectivity index (χ1) is 11.9. The standard InChI is InChI=1S/C18H23NO5S/c1-2-19(16-8-9-25(22,23)12-16)17(20)11-24-18(21)15-7-6-13-4-3-5-14(13)10-15/h6-7,10,16H,2-5,8-9,11-12H2,1H3/t16-/m0/s1. The van der Waals surface area contributed by atoms with E-state index in [-0.39, 0.29) is 30.1 Å². The van der Waals surface area contributed by atoms with Crippen LogP contribution in [-0.2, 0) is 32.2 Å². The number of ether oxygens (including phenoxy) is 1. The lowest BCUT2D eigenvalue weighted by molar-refractivity contribution is -0.136. The maximum atomic E-state index is 12.3. The molecule has 7 heteroatoms. The van der Waals surface area contributed by atoms with Gasteiger partial charge in [-0.3, -0.25) is 4.79 Å². The Kier molecular flexibility index (Phi) is 5.13. The van der Waals surface area contributed by atoms with Crippen molar-refractivity contribution in [3.63, 3.8) is 0 Å². The van der Waals surface area contributed by atoms with Crippen molar-refractivity contribution in [2.45, 2.75) is 38.6 Å². The smallest absolute Gasteiger partial charge is 0.338 e. The third-order valence-electron chi connectivity index (χ3n) is 4.97. The average molecular weight is 365 g/mol. The summed E-state index contributed by atoms with van der Waals surface area (Å²) < 4.78 is 28.4. The third-order valence-corrected chi connectivity index (χ3v) is 6.72. The van der Waals surface area contributed by atoms with E-state index in [1.807, 2.05) is 12.1 Å². The summed E-state index contributed by atoms with van der Waals surface area (Å²) in [6.45, 7) is 1.83. The predicted octanol–water partition coefficient (Wildman–Crippen LogP) is 1.37. The van der Waals surface area contributed by atoms with Crippen LogP contribution in [0.5, 0.6) is 0 Å². The van der Waals surface area contributed by atoms with Crippen LogP contribution in [0.3, 0.4) is 0 Å². The highest BCUT2D eigenvalue weighted by Gasteiger charge is 2.34. The molecule has 0 spiro atoms. The van der Waals surface area contributed by atoms with Crippen LogP contribution >= 0.6 is 0 Å². The van der Waals surface area contributed by atoms with Crippen LogP contribution in [0.15, 0.2) is 18.2 Å². The highest BCUT2D eigenvalue weighted by Crippen LogP contribution is 2.23. The van der Waals surface area contributed by atoms with E-state index in [9.17, 15) is 18.0 Å². The number of carbonyl (C=O) groups excluding carboxylic acids is 2. The normalized spacial score (nSPS) is 20.9. The van der Waals surface area contributed by atoms with Gasteiger partial charge >= 0.3 is 5.97 Å². The van der Waals surface area contributed by atoms with Gasteiger partial charge in [-0.2, -0.15) is 0 Å². The molecule has 0 aromatic heterocycles. The maximum Gasteiger partial charge on any atom is 0.338 e. The molecule has 1 aliphatic heterocycles. The first-order valence-electron chi connectivity index (χ1n) is 8.68. The molecule has 1 fully saturated rings.